The third-order valence-electron chi connectivity index (χ3n) is 5.10. The first-order valence-corrected chi connectivity index (χ1v) is 10.4. The van der Waals surface area contributed by atoms with Gasteiger partial charge in [0.25, 0.3) is 5.69 Å². The predicted molar refractivity (Wildman–Crippen MR) is 131 cm³/mol. The zero-order chi connectivity index (χ0) is 24.2. The van der Waals surface area contributed by atoms with Crippen molar-refractivity contribution in [1.29, 1.82) is 0 Å². The van der Waals surface area contributed by atoms with Crippen LogP contribution in [-0.2, 0) is 0 Å². The molecular formula is C23H17ClN6O4. The molecule has 0 aliphatic carbocycles. The van der Waals surface area contributed by atoms with Gasteiger partial charge in [0.2, 0.25) is 0 Å². The monoisotopic (exact) mass is 476 g/mol. The summed E-state index contributed by atoms with van der Waals surface area (Å²) in [5.74, 6) is 0. The number of benzene rings is 4. The van der Waals surface area contributed by atoms with Gasteiger partial charge in [-0.15, -0.1) is 10.2 Å². The van der Waals surface area contributed by atoms with Gasteiger partial charge in [-0.1, -0.05) is 60.1 Å². The number of fused-ring (bicyclic) bond motifs is 1. The van der Waals surface area contributed by atoms with Crippen molar-refractivity contribution in [3.63, 3.8) is 0 Å². The van der Waals surface area contributed by atoms with Gasteiger partial charge in [0.05, 0.1) is 26.2 Å². The summed E-state index contributed by atoms with van der Waals surface area (Å²) < 4.78 is 0. The van der Waals surface area contributed by atoms with Crippen LogP contribution < -0.4 is 10.9 Å². The van der Waals surface area contributed by atoms with E-state index in [0.29, 0.717) is 11.4 Å². The maximum absolute atomic E-state index is 11.7. The van der Waals surface area contributed by atoms with E-state index in [2.05, 4.69) is 21.1 Å². The van der Waals surface area contributed by atoms with Crippen LogP contribution in [0.15, 0.2) is 83.0 Å². The van der Waals surface area contributed by atoms with E-state index in [-0.39, 0.29) is 16.3 Å². The molecule has 0 atom stereocenters. The second-order valence-electron chi connectivity index (χ2n) is 7.21. The molecule has 0 spiro atoms. The standard InChI is InChI=1S/C23H17ClN6O4/c1-14-20(29(31)32)13-18(24)22(23(14)30(33)34)28-26-19-12-11-15-7-5-6-10-17(15)21(19)27-25-16-8-3-2-4-9-16/h2-13,25,27H,1H3. The molecule has 0 radical (unpaired) electrons. The number of rotatable bonds is 7. The van der Waals surface area contributed by atoms with Crippen LogP contribution in [0.2, 0.25) is 5.02 Å². The number of halogens is 1. The maximum Gasteiger partial charge on any atom is 0.308 e. The Labute approximate surface area is 198 Å². The molecule has 0 bridgehead atoms. The molecule has 0 saturated carbocycles. The molecular weight excluding hydrogens is 460 g/mol. The predicted octanol–water partition coefficient (Wildman–Crippen LogP) is 7.47. The summed E-state index contributed by atoms with van der Waals surface area (Å²) in [6, 6.07) is 21.6. The number of nitrogens with zero attached hydrogens (tertiary/aromatic N) is 4. The quantitative estimate of drug-likeness (QED) is 0.161. The zero-order valence-electron chi connectivity index (χ0n) is 17.7. The summed E-state index contributed by atoms with van der Waals surface area (Å²) in [5.41, 5.74) is 6.56. The van der Waals surface area contributed by atoms with E-state index in [0.717, 1.165) is 22.5 Å². The average Bonchev–Trinajstić information content (AvgIpc) is 2.83. The molecule has 0 fully saturated rings. The van der Waals surface area contributed by atoms with Crippen molar-refractivity contribution in [3.8, 4) is 0 Å². The molecule has 170 valence electrons. The molecule has 0 aliphatic rings. The average molecular weight is 477 g/mol. The Morgan fingerprint density at radius 1 is 0.853 bits per heavy atom. The Morgan fingerprint density at radius 3 is 2.26 bits per heavy atom. The Morgan fingerprint density at radius 2 is 1.56 bits per heavy atom. The van der Waals surface area contributed by atoms with Gasteiger partial charge in [-0.3, -0.25) is 25.7 Å². The molecule has 4 aromatic carbocycles. The van der Waals surface area contributed by atoms with Crippen molar-refractivity contribution in [2.75, 3.05) is 10.9 Å². The Bertz CT molecular complexity index is 1440. The van der Waals surface area contributed by atoms with E-state index in [1.165, 1.54) is 6.92 Å². The molecule has 0 saturated heterocycles. The Kier molecular flexibility index (Phi) is 6.33. The molecule has 10 nitrogen and oxygen atoms in total. The minimum atomic E-state index is -0.751. The van der Waals surface area contributed by atoms with Gasteiger partial charge in [-0.05, 0) is 30.5 Å². The second-order valence-corrected chi connectivity index (χ2v) is 7.62. The van der Waals surface area contributed by atoms with Crippen LogP contribution in [0.1, 0.15) is 5.56 Å². The van der Waals surface area contributed by atoms with Crippen molar-refractivity contribution in [2.45, 2.75) is 6.92 Å². The van der Waals surface area contributed by atoms with Crippen molar-refractivity contribution in [3.05, 3.63) is 104 Å². The fourth-order valence-corrected chi connectivity index (χ4v) is 3.68. The van der Waals surface area contributed by atoms with E-state index in [9.17, 15) is 20.2 Å². The first-order valence-electron chi connectivity index (χ1n) is 9.99. The van der Waals surface area contributed by atoms with Gasteiger partial charge in [-0.25, -0.2) is 0 Å². The maximum atomic E-state index is 11.7. The Balaban J connectivity index is 1.81. The summed E-state index contributed by atoms with van der Waals surface area (Å²) in [6.45, 7) is 1.28. The molecule has 0 aromatic heterocycles. The zero-order valence-corrected chi connectivity index (χ0v) is 18.5. The Hall–Kier alpha value is -4.57. The number of nitrogens with one attached hydrogen (secondary N) is 2. The molecule has 0 heterocycles. The number of anilines is 2. The van der Waals surface area contributed by atoms with E-state index in [4.69, 9.17) is 11.6 Å². The lowest BCUT2D eigenvalue weighted by Crippen LogP contribution is -2.09. The highest BCUT2D eigenvalue weighted by Crippen LogP contribution is 2.44. The van der Waals surface area contributed by atoms with Crippen LogP contribution in [0.5, 0.6) is 0 Å². The number of hydrogen-bond acceptors (Lipinski definition) is 8. The lowest BCUT2D eigenvalue weighted by molar-refractivity contribution is -0.394. The van der Waals surface area contributed by atoms with E-state index >= 15 is 0 Å². The van der Waals surface area contributed by atoms with Crippen LogP contribution >= 0.6 is 11.6 Å². The number of nitro groups is 2. The minimum Gasteiger partial charge on any atom is -0.301 e. The van der Waals surface area contributed by atoms with Crippen molar-refractivity contribution in [2.24, 2.45) is 10.2 Å². The van der Waals surface area contributed by atoms with E-state index < -0.39 is 21.2 Å². The summed E-state index contributed by atoms with van der Waals surface area (Å²) in [4.78, 5) is 21.5. The van der Waals surface area contributed by atoms with Crippen LogP contribution in [0, 0.1) is 27.2 Å². The lowest BCUT2D eigenvalue weighted by Gasteiger charge is -2.14. The summed E-state index contributed by atoms with van der Waals surface area (Å²) in [5, 5.41) is 32.7. The first kappa shape index (κ1) is 22.6. The highest BCUT2D eigenvalue weighted by Gasteiger charge is 2.29. The fraction of sp³-hybridized carbons (Fsp3) is 0.0435. The van der Waals surface area contributed by atoms with Crippen molar-refractivity contribution < 1.29 is 9.85 Å². The van der Waals surface area contributed by atoms with Gasteiger partial charge < -0.3 is 5.43 Å². The van der Waals surface area contributed by atoms with Crippen molar-refractivity contribution >= 4 is 56.5 Å². The van der Waals surface area contributed by atoms with Crippen molar-refractivity contribution in [1.82, 2.24) is 0 Å². The molecule has 11 heteroatoms. The van der Waals surface area contributed by atoms with E-state index in [1.807, 2.05) is 60.7 Å². The normalized spacial score (nSPS) is 11.0. The van der Waals surface area contributed by atoms with Gasteiger partial charge >= 0.3 is 5.69 Å². The molecule has 0 unspecified atom stereocenters. The van der Waals surface area contributed by atoms with E-state index in [1.54, 1.807) is 6.07 Å². The largest absolute Gasteiger partial charge is 0.308 e. The second kappa shape index (κ2) is 9.51. The minimum absolute atomic E-state index is 0.157. The third kappa shape index (κ3) is 4.48. The highest BCUT2D eigenvalue weighted by atomic mass is 35.5. The van der Waals surface area contributed by atoms with Crippen LogP contribution in [0.3, 0.4) is 0 Å². The number of hydrazine groups is 1. The SMILES string of the molecule is Cc1c([N+](=O)[O-])cc(Cl)c(N=Nc2ccc3ccccc3c2NNc2ccccc2)c1[N+](=O)[O-]. The van der Waals surface area contributed by atoms with Crippen LogP contribution in [0.4, 0.5) is 34.1 Å². The first-order chi connectivity index (χ1) is 16.4. The molecule has 4 rings (SSSR count). The summed E-state index contributed by atoms with van der Waals surface area (Å²) in [6.07, 6.45) is 0. The molecule has 0 aliphatic heterocycles. The lowest BCUT2D eigenvalue weighted by atomic mass is 10.1. The topological polar surface area (TPSA) is 135 Å². The van der Waals surface area contributed by atoms with Gasteiger partial charge in [0.1, 0.15) is 11.3 Å². The molecule has 0 amide bonds. The number of nitro benzene ring substituents is 2. The fourth-order valence-electron chi connectivity index (χ4n) is 3.45. The third-order valence-corrected chi connectivity index (χ3v) is 5.39. The molecule has 34 heavy (non-hydrogen) atoms. The van der Waals surface area contributed by atoms with Gasteiger partial charge in [0, 0.05) is 11.5 Å². The number of para-hydroxylation sites is 1. The summed E-state index contributed by atoms with van der Waals surface area (Å²) in [7, 11) is 0. The highest BCUT2D eigenvalue weighted by molar-refractivity contribution is 6.33. The van der Waals surface area contributed by atoms with Gasteiger partial charge in [0.15, 0.2) is 5.69 Å². The number of azo groups is 1. The molecule has 2 N–H and O–H groups in total. The van der Waals surface area contributed by atoms with Gasteiger partial charge in [-0.2, -0.15) is 0 Å². The van der Waals surface area contributed by atoms with Crippen LogP contribution in [0.25, 0.3) is 10.8 Å². The van der Waals surface area contributed by atoms with Crippen LogP contribution in [-0.4, -0.2) is 9.85 Å². The summed E-state index contributed by atoms with van der Waals surface area (Å²) >= 11 is 6.15. The number of hydrogen-bond donors (Lipinski definition) is 2. The molecule has 4 aromatic rings. The smallest absolute Gasteiger partial charge is 0.301 e.